The molecular weight excluding hydrogens is 310 g/mol. The summed E-state index contributed by atoms with van der Waals surface area (Å²) in [5.74, 6) is 0.207. The summed E-state index contributed by atoms with van der Waals surface area (Å²) < 4.78 is 1.85. The topological polar surface area (TPSA) is 33.1 Å². The molecule has 0 fully saturated rings. The zero-order valence-electron chi connectivity index (χ0n) is 7.38. The molecule has 0 saturated carbocycles. The first-order chi connectivity index (χ1) is 6.61. The fraction of sp³-hybridized carbons (Fsp3) is 0.100. The highest BCUT2D eigenvalue weighted by atomic mass is 79.9. The average molecular weight is 317 g/mol. The maximum atomic E-state index is 9.61. The van der Waals surface area contributed by atoms with E-state index < -0.39 is 0 Å². The number of nitrogens with zero attached hydrogens (tertiary/aromatic N) is 1. The van der Waals surface area contributed by atoms with Crippen molar-refractivity contribution in [2.45, 2.75) is 6.92 Å². The van der Waals surface area contributed by atoms with Crippen LogP contribution in [0.4, 0.5) is 0 Å². The number of hydrogen-bond acceptors (Lipinski definition) is 2. The van der Waals surface area contributed by atoms with Gasteiger partial charge < -0.3 is 5.11 Å². The van der Waals surface area contributed by atoms with Gasteiger partial charge in [-0.05, 0) is 44.8 Å². The molecule has 0 spiro atoms. The van der Waals surface area contributed by atoms with Crippen LogP contribution in [0.3, 0.4) is 0 Å². The molecule has 2 nitrogen and oxygen atoms in total. The zero-order valence-corrected chi connectivity index (χ0v) is 10.6. The van der Waals surface area contributed by atoms with E-state index in [9.17, 15) is 5.11 Å². The molecule has 0 aliphatic carbocycles. The quantitative estimate of drug-likeness (QED) is 0.802. The lowest BCUT2D eigenvalue weighted by Crippen LogP contribution is -1.88. The first kappa shape index (κ1) is 9.93. The van der Waals surface area contributed by atoms with Gasteiger partial charge in [-0.3, -0.25) is 0 Å². The van der Waals surface area contributed by atoms with Gasteiger partial charge in [0, 0.05) is 9.86 Å². The van der Waals surface area contributed by atoms with E-state index in [-0.39, 0.29) is 5.75 Å². The van der Waals surface area contributed by atoms with Crippen molar-refractivity contribution >= 4 is 42.8 Å². The first-order valence-electron chi connectivity index (χ1n) is 4.04. The van der Waals surface area contributed by atoms with E-state index in [1.807, 2.05) is 13.0 Å². The predicted molar refractivity (Wildman–Crippen MR) is 63.5 cm³/mol. The number of phenolic OH excluding ortho intramolecular Hbond substituents is 1. The zero-order chi connectivity index (χ0) is 10.3. The number of benzene rings is 1. The van der Waals surface area contributed by atoms with Gasteiger partial charge in [0.2, 0.25) is 0 Å². The fourth-order valence-corrected chi connectivity index (χ4v) is 2.23. The highest BCUT2D eigenvalue weighted by Crippen LogP contribution is 2.35. The Balaban J connectivity index is 2.98. The van der Waals surface area contributed by atoms with Crippen LogP contribution in [0.15, 0.2) is 27.1 Å². The number of aromatic hydroxyl groups is 1. The Bertz CT molecular complexity index is 511. The third-order valence-electron chi connectivity index (χ3n) is 2.04. The molecule has 2 rings (SSSR count). The molecule has 0 atom stereocenters. The van der Waals surface area contributed by atoms with Crippen LogP contribution in [0, 0.1) is 6.92 Å². The van der Waals surface area contributed by atoms with Gasteiger partial charge in [-0.2, -0.15) is 0 Å². The van der Waals surface area contributed by atoms with E-state index in [2.05, 4.69) is 36.8 Å². The SMILES string of the molecule is Cc1nc2c(O)cccc2c(Br)c1Br. The molecule has 0 unspecified atom stereocenters. The average Bonchev–Trinajstić information content (AvgIpc) is 2.17. The fourth-order valence-electron chi connectivity index (χ4n) is 1.32. The minimum atomic E-state index is 0.207. The second kappa shape index (κ2) is 3.51. The summed E-state index contributed by atoms with van der Waals surface area (Å²) in [7, 11) is 0. The Morgan fingerprint density at radius 3 is 2.64 bits per heavy atom. The van der Waals surface area contributed by atoms with Crippen molar-refractivity contribution in [2.24, 2.45) is 0 Å². The van der Waals surface area contributed by atoms with Gasteiger partial charge in [0.25, 0.3) is 0 Å². The molecule has 0 saturated heterocycles. The minimum Gasteiger partial charge on any atom is -0.506 e. The maximum Gasteiger partial charge on any atom is 0.141 e. The standard InChI is InChI=1S/C10H7Br2NO/c1-5-8(11)9(12)6-3-2-4-7(14)10(6)13-5/h2-4,14H,1H3. The lowest BCUT2D eigenvalue weighted by Gasteiger charge is -2.06. The number of phenols is 1. The van der Waals surface area contributed by atoms with E-state index in [1.165, 1.54) is 0 Å². The highest BCUT2D eigenvalue weighted by molar-refractivity contribution is 9.13. The number of para-hydroxylation sites is 1. The molecule has 4 heteroatoms. The van der Waals surface area contributed by atoms with E-state index in [0.29, 0.717) is 5.52 Å². The normalized spacial score (nSPS) is 10.8. The number of rotatable bonds is 0. The van der Waals surface area contributed by atoms with Gasteiger partial charge in [-0.25, -0.2) is 4.98 Å². The Labute approximate surface area is 98.2 Å². The third-order valence-corrected chi connectivity index (χ3v) is 4.37. The summed E-state index contributed by atoms with van der Waals surface area (Å²) in [6.45, 7) is 1.89. The summed E-state index contributed by atoms with van der Waals surface area (Å²) >= 11 is 6.90. The van der Waals surface area contributed by atoms with Gasteiger partial charge in [-0.15, -0.1) is 0 Å². The van der Waals surface area contributed by atoms with Gasteiger partial charge in [0.05, 0.1) is 10.2 Å². The molecule has 0 amide bonds. The summed E-state index contributed by atoms with van der Waals surface area (Å²) in [6, 6.07) is 5.34. The number of aromatic nitrogens is 1. The molecule has 0 aliphatic heterocycles. The van der Waals surface area contributed by atoms with Gasteiger partial charge in [0.1, 0.15) is 11.3 Å². The maximum absolute atomic E-state index is 9.61. The second-order valence-electron chi connectivity index (χ2n) is 3.00. The van der Waals surface area contributed by atoms with E-state index in [1.54, 1.807) is 12.1 Å². The van der Waals surface area contributed by atoms with Gasteiger partial charge >= 0.3 is 0 Å². The Morgan fingerprint density at radius 1 is 1.21 bits per heavy atom. The van der Waals surface area contributed by atoms with Crippen LogP contribution >= 0.6 is 31.9 Å². The van der Waals surface area contributed by atoms with E-state index >= 15 is 0 Å². The minimum absolute atomic E-state index is 0.207. The third kappa shape index (κ3) is 1.42. The van der Waals surface area contributed by atoms with Crippen molar-refractivity contribution < 1.29 is 5.11 Å². The Hall–Kier alpha value is -0.610. The predicted octanol–water partition coefficient (Wildman–Crippen LogP) is 3.77. The summed E-state index contributed by atoms with van der Waals surface area (Å²) in [5.41, 5.74) is 1.48. The number of halogens is 2. The molecule has 72 valence electrons. The number of pyridine rings is 1. The van der Waals surface area contributed by atoms with Crippen molar-refractivity contribution in [1.29, 1.82) is 0 Å². The first-order valence-corrected chi connectivity index (χ1v) is 5.63. The van der Waals surface area contributed by atoms with Crippen LogP contribution in [0.1, 0.15) is 5.69 Å². The molecule has 1 N–H and O–H groups in total. The van der Waals surface area contributed by atoms with Crippen molar-refractivity contribution in [2.75, 3.05) is 0 Å². The summed E-state index contributed by atoms with van der Waals surface area (Å²) in [5, 5.41) is 10.5. The van der Waals surface area contributed by atoms with Crippen LogP contribution in [0.5, 0.6) is 5.75 Å². The van der Waals surface area contributed by atoms with Gasteiger partial charge in [0.15, 0.2) is 0 Å². The van der Waals surface area contributed by atoms with Crippen molar-refractivity contribution in [3.05, 3.63) is 32.8 Å². The molecular formula is C10H7Br2NO. The van der Waals surface area contributed by atoms with Crippen LogP contribution in [0.2, 0.25) is 0 Å². The van der Waals surface area contributed by atoms with E-state index in [0.717, 1.165) is 20.0 Å². The molecule has 0 bridgehead atoms. The van der Waals surface area contributed by atoms with Gasteiger partial charge in [-0.1, -0.05) is 12.1 Å². The van der Waals surface area contributed by atoms with Crippen LogP contribution in [-0.4, -0.2) is 10.1 Å². The largest absolute Gasteiger partial charge is 0.506 e. The lowest BCUT2D eigenvalue weighted by atomic mass is 10.2. The van der Waals surface area contributed by atoms with Crippen molar-refractivity contribution in [3.8, 4) is 5.75 Å². The van der Waals surface area contributed by atoms with Crippen LogP contribution in [-0.2, 0) is 0 Å². The number of fused-ring (bicyclic) bond motifs is 1. The molecule has 1 aromatic carbocycles. The van der Waals surface area contributed by atoms with Crippen LogP contribution in [0.25, 0.3) is 10.9 Å². The van der Waals surface area contributed by atoms with Crippen molar-refractivity contribution in [1.82, 2.24) is 4.98 Å². The second-order valence-corrected chi connectivity index (χ2v) is 4.58. The summed E-state index contributed by atoms with van der Waals surface area (Å²) in [4.78, 5) is 4.31. The lowest BCUT2D eigenvalue weighted by molar-refractivity contribution is 0.480. The Kier molecular flexibility index (Phi) is 2.49. The molecule has 1 aromatic heterocycles. The van der Waals surface area contributed by atoms with Crippen LogP contribution < -0.4 is 0 Å². The smallest absolute Gasteiger partial charge is 0.141 e. The molecule has 14 heavy (non-hydrogen) atoms. The molecule has 2 aromatic rings. The monoisotopic (exact) mass is 315 g/mol. The molecule has 0 radical (unpaired) electrons. The summed E-state index contributed by atoms with van der Waals surface area (Å²) in [6.07, 6.45) is 0. The van der Waals surface area contributed by atoms with Crippen molar-refractivity contribution in [3.63, 3.8) is 0 Å². The number of hydrogen-bond donors (Lipinski definition) is 1. The molecule has 1 heterocycles. The molecule has 0 aliphatic rings. The highest BCUT2D eigenvalue weighted by Gasteiger charge is 2.09. The number of aryl methyl sites for hydroxylation is 1. The van der Waals surface area contributed by atoms with E-state index in [4.69, 9.17) is 0 Å². The Morgan fingerprint density at radius 2 is 1.93 bits per heavy atom.